The van der Waals surface area contributed by atoms with Crippen LogP contribution in [0.25, 0.3) is 11.5 Å². The lowest BCUT2D eigenvalue weighted by atomic mass is 10.0. The Morgan fingerprint density at radius 1 is 1.22 bits per heavy atom. The van der Waals surface area contributed by atoms with E-state index in [1.54, 1.807) is 28.6 Å². The van der Waals surface area contributed by atoms with Crippen molar-refractivity contribution in [2.45, 2.75) is 24.7 Å². The Balaban J connectivity index is 1.44. The molecule has 1 aromatic carbocycles. The monoisotopic (exact) mass is 459 g/mol. The summed E-state index contributed by atoms with van der Waals surface area (Å²) >= 11 is 0. The molecule has 0 spiro atoms. The lowest BCUT2D eigenvalue weighted by Gasteiger charge is -2.30. The van der Waals surface area contributed by atoms with Crippen molar-refractivity contribution in [1.82, 2.24) is 14.2 Å². The van der Waals surface area contributed by atoms with E-state index in [0.29, 0.717) is 37.0 Å². The average Bonchev–Trinajstić information content (AvgIpc) is 3.23. The molecule has 2 aliphatic rings. The maximum absolute atomic E-state index is 13.0. The zero-order chi connectivity index (χ0) is 22.6. The van der Waals surface area contributed by atoms with E-state index in [9.17, 15) is 13.7 Å². The number of benzene rings is 1. The molecule has 9 nitrogen and oxygen atoms in total. The van der Waals surface area contributed by atoms with Gasteiger partial charge in [0, 0.05) is 44.8 Å². The molecule has 2 saturated heterocycles. The van der Waals surface area contributed by atoms with Gasteiger partial charge in [-0.3, -0.25) is 4.90 Å². The molecular formula is C22H29N5O4S. The van der Waals surface area contributed by atoms with Crippen LogP contribution in [0.15, 0.2) is 33.6 Å². The van der Waals surface area contributed by atoms with E-state index >= 15 is 0 Å². The van der Waals surface area contributed by atoms with Crippen LogP contribution in [0.5, 0.6) is 0 Å². The zero-order valence-corrected chi connectivity index (χ0v) is 19.1. The normalized spacial score (nSPS) is 20.7. The van der Waals surface area contributed by atoms with Crippen LogP contribution < -0.4 is 5.32 Å². The van der Waals surface area contributed by atoms with E-state index in [1.807, 2.05) is 0 Å². The summed E-state index contributed by atoms with van der Waals surface area (Å²) in [5, 5.41) is 12.6. The summed E-state index contributed by atoms with van der Waals surface area (Å²) in [6.45, 7) is 7.86. The number of morpholine rings is 1. The largest absolute Gasteiger partial charge is 0.419 e. The maximum Gasteiger partial charge on any atom is 0.243 e. The van der Waals surface area contributed by atoms with E-state index in [2.05, 4.69) is 28.2 Å². The fourth-order valence-corrected chi connectivity index (χ4v) is 5.67. The highest BCUT2D eigenvalue weighted by Gasteiger charge is 2.28. The number of hydrogen-bond donors (Lipinski definition) is 1. The number of anilines is 1. The first kappa shape index (κ1) is 22.7. The Morgan fingerprint density at radius 2 is 1.97 bits per heavy atom. The van der Waals surface area contributed by atoms with Gasteiger partial charge < -0.3 is 14.5 Å². The molecular weight excluding hydrogens is 430 g/mol. The summed E-state index contributed by atoms with van der Waals surface area (Å²) in [5.74, 6) is 0.976. The van der Waals surface area contributed by atoms with Crippen LogP contribution in [0.1, 0.15) is 25.5 Å². The molecule has 2 fully saturated rings. The smallest absolute Gasteiger partial charge is 0.243 e. The predicted molar refractivity (Wildman–Crippen MR) is 120 cm³/mol. The van der Waals surface area contributed by atoms with Crippen molar-refractivity contribution in [2.75, 3.05) is 57.8 Å². The number of nitrogens with zero attached hydrogens (tertiary/aromatic N) is 4. The Hall–Kier alpha value is -2.45. The van der Waals surface area contributed by atoms with Gasteiger partial charge in [-0.1, -0.05) is 6.92 Å². The number of piperidine rings is 1. The first-order valence-corrected chi connectivity index (χ1v) is 12.5. The van der Waals surface area contributed by atoms with Crippen molar-refractivity contribution in [2.24, 2.45) is 5.92 Å². The van der Waals surface area contributed by atoms with Gasteiger partial charge in [-0.25, -0.2) is 8.42 Å². The van der Waals surface area contributed by atoms with Crippen LogP contribution in [0.2, 0.25) is 0 Å². The highest BCUT2D eigenvalue weighted by atomic mass is 32.2. The molecule has 0 saturated carbocycles. The molecule has 10 heteroatoms. The molecule has 1 atom stereocenters. The van der Waals surface area contributed by atoms with Crippen molar-refractivity contribution >= 4 is 15.9 Å². The molecule has 4 rings (SSSR count). The van der Waals surface area contributed by atoms with Crippen LogP contribution in [-0.2, 0) is 14.8 Å². The van der Waals surface area contributed by atoms with Gasteiger partial charge in [0.1, 0.15) is 6.07 Å². The molecule has 1 unspecified atom stereocenters. The third-order valence-electron chi connectivity index (χ3n) is 5.91. The molecule has 172 valence electrons. The van der Waals surface area contributed by atoms with E-state index in [4.69, 9.17) is 9.15 Å². The quantitative estimate of drug-likeness (QED) is 0.672. The van der Waals surface area contributed by atoms with Crippen LogP contribution in [-0.4, -0.2) is 75.1 Å². The van der Waals surface area contributed by atoms with Crippen LogP contribution in [0.4, 0.5) is 5.88 Å². The Morgan fingerprint density at radius 3 is 2.66 bits per heavy atom. The number of nitriles is 1. The van der Waals surface area contributed by atoms with Crippen molar-refractivity contribution in [3.05, 3.63) is 30.0 Å². The SMILES string of the molecule is CC1CCCN(S(=O)(=O)c2ccc(-c3nc(C#N)c(NCCN4CCOCC4)o3)cc2)C1. The van der Waals surface area contributed by atoms with E-state index in [-0.39, 0.29) is 16.5 Å². The first-order valence-electron chi connectivity index (χ1n) is 11.0. The number of sulfonamides is 1. The first-order chi connectivity index (χ1) is 15.5. The highest BCUT2D eigenvalue weighted by Crippen LogP contribution is 2.28. The minimum Gasteiger partial charge on any atom is -0.419 e. The molecule has 32 heavy (non-hydrogen) atoms. The molecule has 0 aliphatic carbocycles. The second-order valence-corrected chi connectivity index (χ2v) is 10.3. The average molecular weight is 460 g/mol. The van der Waals surface area contributed by atoms with Gasteiger partial charge in [0.2, 0.25) is 27.5 Å². The summed E-state index contributed by atoms with van der Waals surface area (Å²) in [4.78, 5) is 6.81. The topological polar surface area (TPSA) is 112 Å². The molecule has 2 aromatic rings. The summed E-state index contributed by atoms with van der Waals surface area (Å²) in [5.41, 5.74) is 0.801. The molecule has 2 aliphatic heterocycles. The van der Waals surface area contributed by atoms with Crippen LogP contribution in [0, 0.1) is 17.2 Å². The second kappa shape index (κ2) is 10.0. The van der Waals surface area contributed by atoms with Crippen molar-refractivity contribution in [3.63, 3.8) is 0 Å². The Bertz CT molecular complexity index is 1050. The summed E-state index contributed by atoms with van der Waals surface area (Å²) < 4.78 is 38.6. The number of nitrogens with one attached hydrogen (secondary N) is 1. The molecule has 1 N–H and O–H groups in total. The van der Waals surface area contributed by atoms with Gasteiger partial charge in [0.25, 0.3) is 0 Å². The summed E-state index contributed by atoms with van der Waals surface area (Å²) in [7, 11) is -3.52. The van der Waals surface area contributed by atoms with E-state index < -0.39 is 10.0 Å². The number of aromatic nitrogens is 1. The number of oxazole rings is 1. The van der Waals surface area contributed by atoms with Gasteiger partial charge in [0.05, 0.1) is 18.1 Å². The maximum atomic E-state index is 13.0. The molecule has 3 heterocycles. The van der Waals surface area contributed by atoms with Crippen LogP contribution >= 0.6 is 0 Å². The van der Waals surface area contributed by atoms with Gasteiger partial charge >= 0.3 is 0 Å². The summed E-state index contributed by atoms with van der Waals surface area (Å²) in [6.07, 6.45) is 1.94. The molecule has 0 amide bonds. The van der Waals surface area contributed by atoms with Gasteiger partial charge in [-0.2, -0.15) is 14.6 Å². The standard InChI is InChI=1S/C22H29N5O4S/c1-17-3-2-9-27(16-17)32(28,29)19-6-4-18(5-7-19)21-25-20(15-23)22(31-21)24-8-10-26-11-13-30-14-12-26/h4-7,17,24H,2-3,8-14,16H2,1H3. The Labute approximate surface area is 189 Å². The fourth-order valence-electron chi connectivity index (χ4n) is 4.07. The van der Waals surface area contributed by atoms with Crippen molar-refractivity contribution in [3.8, 4) is 17.5 Å². The van der Waals surface area contributed by atoms with Gasteiger partial charge in [0.15, 0.2) is 0 Å². The minimum atomic E-state index is -3.52. The molecule has 0 radical (unpaired) electrons. The van der Waals surface area contributed by atoms with Crippen molar-refractivity contribution in [1.29, 1.82) is 5.26 Å². The highest BCUT2D eigenvalue weighted by molar-refractivity contribution is 7.89. The van der Waals surface area contributed by atoms with Crippen molar-refractivity contribution < 1.29 is 17.6 Å². The third kappa shape index (κ3) is 5.13. The zero-order valence-electron chi connectivity index (χ0n) is 18.3. The lowest BCUT2D eigenvalue weighted by Crippen LogP contribution is -2.39. The van der Waals surface area contributed by atoms with Gasteiger partial charge in [-0.05, 0) is 43.0 Å². The number of ether oxygens (including phenoxy) is 1. The lowest BCUT2D eigenvalue weighted by molar-refractivity contribution is 0.0398. The Kier molecular flexibility index (Phi) is 7.10. The van der Waals surface area contributed by atoms with Gasteiger partial charge in [-0.15, -0.1) is 0 Å². The molecule has 1 aromatic heterocycles. The second-order valence-electron chi connectivity index (χ2n) is 8.32. The fraction of sp³-hybridized carbons (Fsp3) is 0.545. The summed E-state index contributed by atoms with van der Waals surface area (Å²) in [6, 6.07) is 8.55. The molecule has 0 bridgehead atoms. The number of hydrogen-bond acceptors (Lipinski definition) is 8. The predicted octanol–water partition coefficient (Wildman–Crippen LogP) is 2.38. The van der Waals surface area contributed by atoms with E-state index in [0.717, 1.165) is 45.7 Å². The third-order valence-corrected chi connectivity index (χ3v) is 7.79. The minimum absolute atomic E-state index is 0.181. The van der Waals surface area contributed by atoms with Crippen LogP contribution in [0.3, 0.4) is 0 Å². The van der Waals surface area contributed by atoms with E-state index in [1.165, 1.54) is 0 Å². The number of rotatable bonds is 7.